The van der Waals surface area contributed by atoms with Gasteiger partial charge in [-0.15, -0.1) is 0 Å². The Kier molecular flexibility index (Phi) is 5.86. The molecule has 1 heterocycles. The second kappa shape index (κ2) is 8.49. The third-order valence-electron chi connectivity index (χ3n) is 3.79. The average Bonchev–Trinajstić information content (AvgIpc) is 2.67. The quantitative estimate of drug-likeness (QED) is 0.682. The van der Waals surface area contributed by atoms with Crippen molar-refractivity contribution < 1.29 is 4.79 Å². The number of nitrogens with one attached hydrogen (secondary N) is 1. The van der Waals surface area contributed by atoms with E-state index in [-0.39, 0.29) is 17.2 Å². The van der Waals surface area contributed by atoms with Crippen LogP contribution in [0.15, 0.2) is 76.8 Å². The predicted molar refractivity (Wildman–Crippen MR) is 104 cm³/mol. The molecule has 0 saturated heterocycles. The van der Waals surface area contributed by atoms with E-state index in [2.05, 4.69) is 10.3 Å². The molecule has 0 aliphatic carbocycles. The molecule has 2 aromatic carbocycles. The number of nitrogens with zero attached hydrogens (tertiary/aromatic N) is 2. The highest BCUT2D eigenvalue weighted by Gasteiger charge is 2.10. The molecular weight excluding hydrogens is 346 g/mol. The van der Waals surface area contributed by atoms with Crippen molar-refractivity contribution in [2.45, 2.75) is 18.5 Å². The van der Waals surface area contributed by atoms with Crippen molar-refractivity contribution in [3.8, 4) is 5.69 Å². The topological polar surface area (TPSA) is 64.0 Å². The molecule has 0 saturated carbocycles. The van der Waals surface area contributed by atoms with E-state index < -0.39 is 0 Å². The maximum atomic E-state index is 12.5. The minimum absolute atomic E-state index is 0.133. The van der Waals surface area contributed by atoms with E-state index in [9.17, 15) is 9.59 Å². The molecule has 1 amide bonds. The number of aryl methyl sites for hydroxylation is 1. The van der Waals surface area contributed by atoms with Crippen LogP contribution in [0.3, 0.4) is 0 Å². The summed E-state index contributed by atoms with van der Waals surface area (Å²) in [6, 6.07) is 17.3. The Morgan fingerprint density at radius 2 is 1.85 bits per heavy atom. The highest BCUT2D eigenvalue weighted by molar-refractivity contribution is 7.99. The monoisotopic (exact) mass is 365 g/mol. The largest absolute Gasteiger partial charge is 0.351 e. The maximum absolute atomic E-state index is 12.5. The van der Waals surface area contributed by atoms with Gasteiger partial charge in [-0.1, -0.05) is 59.8 Å². The van der Waals surface area contributed by atoms with Gasteiger partial charge >= 0.3 is 0 Å². The fourth-order valence-corrected chi connectivity index (χ4v) is 3.10. The number of hydrogen-bond acceptors (Lipinski definition) is 4. The Hall–Kier alpha value is -2.86. The van der Waals surface area contributed by atoms with Gasteiger partial charge in [0.15, 0.2) is 5.03 Å². The Bertz CT molecular complexity index is 937. The maximum Gasteiger partial charge on any atom is 0.287 e. The van der Waals surface area contributed by atoms with Gasteiger partial charge in [0.25, 0.3) is 5.56 Å². The summed E-state index contributed by atoms with van der Waals surface area (Å²) >= 11 is 1.15. The van der Waals surface area contributed by atoms with E-state index in [0.717, 1.165) is 23.0 Å². The molecule has 1 N–H and O–H groups in total. The lowest BCUT2D eigenvalue weighted by atomic mass is 10.1. The van der Waals surface area contributed by atoms with Gasteiger partial charge in [-0.25, -0.2) is 4.98 Å². The predicted octanol–water partition coefficient (Wildman–Crippen LogP) is 2.95. The molecule has 1 aromatic heterocycles. The molecular formula is C20H19N3O2S. The lowest BCUT2D eigenvalue weighted by Crippen LogP contribution is -2.26. The number of carbonyl (C=O) groups excluding carboxylic acids is 1. The van der Waals surface area contributed by atoms with Crippen LogP contribution in [-0.2, 0) is 11.3 Å². The van der Waals surface area contributed by atoms with Gasteiger partial charge in [0.2, 0.25) is 5.91 Å². The number of thioether (sulfide) groups is 1. The smallest absolute Gasteiger partial charge is 0.287 e. The van der Waals surface area contributed by atoms with Crippen molar-refractivity contribution in [1.82, 2.24) is 14.9 Å². The van der Waals surface area contributed by atoms with Gasteiger partial charge in [0, 0.05) is 24.6 Å². The number of rotatable bonds is 6. The zero-order valence-corrected chi connectivity index (χ0v) is 15.2. The van der Waals surface area contributed by atoms with Gasteiger partial charge in [-0.3, -0.25) is 14.2 Å². The molecule has 3 rings (SSSR count). The number of amides is 1. The first kappa shape index (κ1) is 17.9. The van der Waals surface area contributed by atoms with Crippen molar-refractivity contribution in [3.63, 3.8) is 0 Å². The number of hydrogen-bond donors (Lipinski definition) is 1. The van der Waals surface area contributed by atoms with E-state index in [1.165, 1.54) is 10.1 Å². The standard InChI is InChI=1S/C20H19N3O2S/c1-15-7-9-16(10-8-15)13-22-18(24)14-26-19-20(25)23(12-11-21-19)17-5-3-2-4-6-17/h2-12H,13-14H2,1H3,(H,22,24). The normalized spacial score (nSPS) is 10.5. The molecule has 6 heteroatoms. The SMILES string of the molecule is Cc1ccc(CNC(=O)CSc2nccn(-c3ccccc3)c2=O)cc1. The molecule has 0 spiro atoms. The van der Waals surface area contributed by atoms with Gasteiger partial charge in [0.1, 0.15) is 0 Å². The van der Waals surface area contributed by atoms with E-state index >= 15 is 0 Å². The summed E-state index contributed by atoms with van der Waals surface area (Å²) in [4.78, 5) is 28.7. The Balaban J connectivity index is 1.60. The van der Waals surface area contributed by atoms with Crippen molar-refractivity contribution in [1.29, 1.82) is 0 Å². The van der Waals surface area contributed by atoms with Crippen LogP contribution in [0.2, 0.25) is 0 Å². The molecule has 26 heavy (non-hydrogen) atoms. The van der Waals surface area contributed by atoms with Crippen LogP contribution in [-0.4, -0.2) is 21.2 Å². The summed E-state index contributed by atoms with van der Waals surface area (Å²) in [6.07, 6.45) is 3.19. The summed E-state index contributed by atoms with van der Waals surface area (Å²) < 4.78 is 1.53. The molecule has 0 fully saturated rings. The molecule has 0 bridgehead atoms. The fourth-order valence-electron chi connectivity index (χ4n) is 2.38. The van der Waals surface area contributed by atoms with Crippen LogP contribution in [0, 0.1) is 6.92 Å². The second-order valence-corrected chi connectivity index (χ2v) is 6.76. The van der Waals surface area contributed by atoms with Gasteiger partial charge in [-0.05, 0) is 24.6 Å². The number of aromatic nitrogens is 2. The van der Waals surface area contributed by atoms with E-state index in [1.807, 2.05) is 61.5 Å². The Morgan fingerprint density at radius 3 is 2.58 bits per heavy atom. The molecule has 0 aliphatic heterocycles. The third kappa shape index (κ3) is 4.61. The zero-order chi connectivity index (χ0) is 18.4. The summed E-state index contributed by atoms with van der Waals surface area (Å²) in [5, 5.41) is 3.17. The molecule has 132 valence electrons. The van der Waals surface area contributed by atoms with Crippen molar-refractivity contribution in [2.24, 2.45) is 0 Å². The first-order valence-electron chi connectivity index (χ1n) is 8.21. The zero-order valence-electron chi connectivity index (χ0n) is 14.4. The van der Waals surface area contributed by atoms with E-state index in [1.54, 1.807) is 12.4 Å². The first-order valence-corrected chi connectivity index (χ1v) is 9.20. The number of benzene rings is 2. The van der Waals surface area contributed by atoms with Crippen LogP contribution in [0.5, 0.6) is 0 Å². The Morgan fingerprint density at radius 1 is 1.12 bits per heavy atom. The minimum atomic E-state index is -0.227. The number of para-hydroxylation sites is 1. The molecule has 0 unspecified atom stereocenters. The lowest BCUT2D eigenvalue weighted by Gasteiger charge is -2.08. The highest BCUT2D eigenvalue weighted by atomic mass is 32.2. The van der Waals surface area contributed by atoms with Crippen LogP contribution in [0.25, 0.3) is 5.69 Å². The van der Waals surface area contributed by atoms with E-state index in [0.29, 0.717) is 11.6 Å². The summed E-state index contributed by atoms with van der Waals surface area (Å²) in [7, 11) is 0. The Labute approximate surface area is 156 Å². The minimum Gasteiger partial charge on any atom is -0.351 e. The van der Waals surface area contributed by atoms with Crippen LogP contribution >= 0.6 is 11.8 Å². The van der Waals surface area contributed by atoms with Crippen LogP contribution in [0.4, 0.5) is 0 Å². The summed E-state index contributed by atoms with van der Waals surface area (Å²) in [5.74, 6) is 0.0132. The molecule has 5 nitrogen and oxygen atoms in total. The lowest BCUT2D eigenvalue weighted by molar-refractivity contribution is -0.118. The molecule has 0 radical (unpaired) electrons. The van der Waals surface area contributed by atoms with Gasteiger partial charge in [0.05, 0.1) is 5.75 Å². The van der Waals surface area contributed by atoms with Gasteiger partial charge < -0.3 is 5.32 Å². The highest BCUT2D eigenvalue weighted by Crippen LogP contribution is 2.12. The average molecular weight is 365 g/mol. The van der Waals surface area contributed by atoms with Crippen molar-refractivity contribution >= 4 is 17.7 Å². The van der Waals surface area contributed by atoms with Gasteiger partial charge in [-0.2, -0.15) is 0 Å². The number of carbonyl (C=O) groups is 1. The molecule has 0 atom stereocenters. The first-order chi connectivity index (χ1) is 12.6. The fraction of sp³-hybridized carbons (Fsp3) is 0.150. The summed E-state index contributed by atoms with van der Waals surface area (Å²) in [6.45, 7) is 2.49. The third-order valence-corrected chi connectivity index (χ3v) is 4.75. The molecule has 3 aromatic rings. The van der Waals surface area contributed by atoms with Crippen LogP contribution in [0.1, 0.15) is 11.1 Å². The van der Waals surface area contributed by atoms with Crippen molar-refractivity contribution in [3.05, 3.63) is 88.5 Å². The molecule has 0 aliphatic rings. The van der Waals surface area contributed by atoms with E-state index in [4.69, 9.17) is 0 Å². The van der Waals surface area contributed by atoms with Crippen molar-refractivity contribution in [2.75, 3.05) is 5.75 Å². The second-order valence-electron chi connectivity index (χ2n) is 5.79. The van der Waals surface area contributed by atoms with Crippen LogP contribution < -0.4 is 10.9 Å². The summed E-state index contributed by atoms with van der Waals surface area (Å²) in [5.41, 5.74) is 2.76.